The Labute approximate surface area is 99.1 Å². The summed E-state index contributed by atoms with van der Waals surface area (Å²) in [5.74, 6) is 0.0758. The van der Waals surface area contributed by atoms with Crippen molar-refractivity contribution >= 4 is 0 Å². The Kier molecular flexibility index (Phi) is 3.15. The monoisotopic (exact) mass is 243 g/mol. The van der Waals surface area contributed by atoms with E-state index in [1.807, 2.05) is 13.8 Å². The molecule has 0 atom stereocenters. The summed E-state index contributed by atoms with van der Waals surface area (Å²) in [7, 11) is 0. The SMILES string of the molecule is CC(C)c1cnc(C2CCC2)c(C(F)(F)F)c1. The highest BCUT2D eigenvalue weighted by Gasteiger charge is 2.37. The van der Waals surface area contributed by atoms with Gasteiger partial charge in [-0.05, 0) is 30.4 Å². The summed E-state index contributed by atoms with van der Waals surface area (Å²) in [5.41, 5.74) is 0.363. The standard InChI is InChI=1S/C13H16F3N/c1-8(2)10-6-11(13(14,15)16)12(17-7-10)9-4-3-5-9/h6-9H,3-5H2,1-2H3. The van der Waals surface area contributed by atoms with E-state index >= 15 is 0 Å². The van der Waals surface area contributed by atoms with Crippen LogP contribution in [-0.4, -0.2) is 4.98 Å². The zero-order chi connectivity index (χ0) is 12.6. The van der Waals surface area contributed by atoms with Gasteiger partial charge in [0.15, 0.2) is 0 Å². The average Bonchev–Trinajstić information content (AvgIpc) is 2.13. The largest absolute Gasteiger partial charge is 0.418 e. The van der Waals surface area contributed by atoms with Crippen LogP contribution < -0.4 is 0 Å². The van der Waals surface area contributed by atoms with Crippen molar-refractivity contribution in [1.82, 2.24) is 4.98 Å². The lowest BCUT2D eigenvalue weighted by molar-refractivity contribution is -0.139. The van der Waals surface area contributed by atoms with Crippen molar-refractivity contribution in [2.45, 2.75) is 51.1 Å². The highest BCUT2D eigenvalue weighted by atomic mass is 19.4. The van der Waals surface area contributed by atoms with Crippen LogP contribution in [0.5, 0.6) is 0 Å². The molecule has 94 valence electrons. The van der Waals surface area contributed by atoms with E-state index in [4.69, 9.17) is 0 Å². The van der Waals surface area contributed by atoms with E-state index in [0.29, 0.717) is 5.56 Å². The zero-order valence-electron chi connectivity index (χ0n) is 10.0. The highest BCUT2D eigenvalue weighted by Crippen LogP contribution is 2.42. The molecule has 1 aromatic rings. The van der Waals surface area contributed by atoms with Crippen LogP contribution in [0.25, 0.3) is 0 Å². The summed E-state index contributed by atoms with van der Waals surface area (Å²) < 4.78 is 38.9. The van der Waals surface area contributed by atoms with E-state index in [2.05, 4.69) is 4.98 Å². The van der Waals surface area contributed by atoms with Gasteiger partial charge < -0.3 is 0 Å². The molecular weight excluding hydrogens is 227 g/mol. The second-order valence-electron chi connectivity index (χ2n) is 4.98. The van der Waals surface area contributed by atoms with Gasteiger partial charge in [0.05, 0.1) is 11.3 Å². The van der Waals surface area contributed by atoms with Crippen molar-refractivity contribution in [1.29, 1.82) is 0 Å². The molecule has 0 radical (unpaired) electrons. The summed E-state index contributed by atoms with van der Waals surface area (Å²) in [6.45, 7) is 3.75. The lowest BCUT2D eigenvalue weighted by atomic mass is 9.80. The fraction of sp³-hybridized carbons (Fsp3) is 0.615. The number of hydrogen-bond acceptors (Lipinski definition) is 1. The van der Waals surface area contributed by atoms with Crippen molar-refractivity contribution < 1.29 is 13.2 Å². The lowest BCUT2D eigenvalue weighted by Gasteiger charge is -2.27. The molecule has 0 N–H and O–H groups in total. The lowest BCUT2D eigenvalue weighted by Crippen LogP contribution is -2.19. The van der Waals surface area contributed by atoms with Crippen molar-refractivity contribution in [3.63, 3.8) is 0 Å². The van der Waals surface area contributed by atoms with E-state index in [1.54, 1.807) is 6.20 Å². The normalized spacial score (nSPS) is 17.3. The van der Waals surface area contributed by atoms with Crippen LogP contribution >= 0.6 is 0 Å². The van der Waals surface area contributed by atoms with Gasteiger partial charge in [-0.3, -0.25) is 4.98 Å². The maximum Gasteiger partial charge on any atom is 0.418 e. The molecule has 17 heavy (non-hydrogen) atoms. The molecule has 0 amide bonds. The van der Waals surface area contributed by atoms with Gasteiger partial charge in [-0.15, -0.1) is 0 Å². The van der Waals surface area contributed by atoms with Crippen LogP contribution in [0.2, 0.25) is 0 Å². The molecule has 1 aliphatic carbocycles. The number of halogens is 3. The molecule has 0 aromatic carbocycles. The average molecular weight is 243 g/mol. The Hall–Kier alpha value is -1.06. The van der Waals surface area contributed by atoms with Crippen LogP contribution in [-0.2, 0) is 6.18 Å². The van der Waals surface area contributed by atoms with Gasteiger partial charge in [-0.1, -0.05) is 20.3 Å². The maximum atomic E-state index is 13.0. The Morgan fingerprint density at radius 2 is 1.94 bits per heavy atom. The molecule has 0 aliphatic heterocycles. The summed E-state index contributed by atoms with van der Waals surface area (Å²) in [6, 6.07) is 1.27. The minimum Gasteiger partial charge on any atom is -0.260 e. The van der Waals surface area contributed by atoms with Gasteiger partial charge in [0, 0.05) is 12.1 Å². The molecule has 0 unspecified atom stereocenters. The molecule has 1 aromatic heterocycles. The van der Waals surface area contributed by atoms with Crippen molar-refractivity contribution in [2.75, 3.05) is 0 Å². The second-order valence-corrected chi connectivity index (χ2v) is 4.98. The Balaban J connectivity index is 2.44. The maximum absolute atomic E-state index is 13.0. The quantitative estimate of drug-likeness (QED) is 0.745. The third kappa shape index (κ3) is 2.45. The van der Waals surface area contributed by atoms with Gasteiger partial charge in [0.1, 0.15) is 0 Å². The number of hydrogen-bond donors (Lipinski definition) is 0. The molecule has 4 heteroatoms. The van der Waals surface area contributed by atoms with Crippen molar-refractivity contribution in [3.8, 4) is 0 Å². The molecule has 0 saturated heterocycles. The number of alkyl halides is 3. The van der Waals surface area contributed by atoms with Crippen LogP contribution in [0.3, 0.4) is 0 Å². The minimum absolute atomic E-state index is 0.00726. The number of rotatable bonds is 2. The molecule has 0 bridgehead atoms. The third-order valence-electron chi connectivity index (χ3n) is 3.40. The van der Waals surface area contributed by atoms with Gasteiger partial charge in [0.2, 0.25) is 0 Å². The molecule has 0 spiro atoms. The molecular formula is C13H16F3N. The van der Waals surface area contributed by atoms with Crippen LogP contribution in [0.15, 0.2) is 12.3 Å². The molecule has 1 nitrogen and oxygen atoms in total. The molecule has 1 saturated carbocycles. The van der Waals surface area contributed by atoms with Crippen LogP contribution in [0, 0.1) is 0 Å². The van der Waals surface area contributed by atoms with Crippen molar-refractivity contribution in [3.05, 3.63) is 29.1 Å². The summed E-state index contributed by atoms with van der Waals surface area (Å²) in [4.78, 5) is 4.07. The van der Waals surface area contributed by atoms with Crippen molar-refractivity contribution in [2.24, 2.45) is 0 Å². The predicted octanol–water partition coefficient (Wildman–Crippen LogP) is 4.49. The Bertz CT molecular complexity index is 406. The number of pyridine rings is 1. The first-order chi connectivity index (χ1) is 7.89. The minimum atomic E-state index is -4.29. The van der Waals surface area contributed by atoms with Gasteiger partial charge >= 0.3 is 6.18 Å². The Morgan fingerprint density at radius 1 is 1.29 bits per heavy atom. The summed E-state index contributed by atoms with van der Waals surface area (Å²) >= 11 is 0. The fourth-order valence-corrected chi connectivity index (χ4v) is 2.04. The fourth-order valence-electron chi connectivity index (χ4n) is 2.04. The third-order valence-corrected chi connectivity index (χ3v) is 3.40. The first-order valence-corrected chi connectivity index (χ1v) is 5.96. The van der Waals surface area contributed by atoms with Crippen LogP contribution in [0.4, 0.5) is 13.2 Å². The smallest absolute Gasteiger partial charge is 0.260 e. The molecule has 2 rings (SSSR count). The van der Waals surface area contributed by atoms with E-state index in [9.17, 15) is 13.2 Å². The predicted molar refractivity (Wildman–Crippen MR) is 59.9 cm³/mol. The van der Waals surface area contributed by atoms with E-state index in [1.165, 1.54) is 6.07 Å². The number of aromatic nitrogens is 1. The molecule has 1 fully saturated rings. The first-order valence-electron chi connectivity index (χ1n) is 5.96. The Morgan fingerprint density at radius 3 is 2.35 bits per heavy atom. The highest BCUT2D eigenvalue weighted by molar-refractivity contribution is 5.32. The van der Waals surface area contributed by atoms with E-state index < -0.39 is 11.7 Å². The topological polar surface area (TPSA) is 12.9 Å². The molecule has 1 heterocycles. The first kappa shape index (κ1) is 12.4. The second kappa shape index (κ2) is 4.31. The van der Waals surface area contributed by atoms with E-state index in [-0.39, 0.29) is 17.5 Å². The van der Waals surface area contributed by atoms with Crippen LogP contribution in [0.1, 0.15) is 61.8 Å². The summed E-state index contributed by atoms with van der Waals surface area (Å²) in [5, 5.41) is 0. The number of nitrogens with zero attached hydrogens (tertiary/aromatic N) is 1. The zero-order valence-corrected chi connectivity index (χ0v) is 10.0. The van der Waals surface area contributed by atoms with Gasteiger partial charge in [-0.2, -0.15) is 13.2 Å². The van der Waals surface area contributed by atoms with E-state index in [0.717, 1.165) is 19.3 Å². The van der Waals surface area contributed by atoms with Gasteiger partial charge in [0.25, 0.3) is 0 Å². The molecule has 1 aliphatic rings. The summed E-state index contributed by atoms with van der Waals surface area (Å²) in [6.07, 6.45) is -0.0276. The van der Waals surface area contributed by atoms with Gasteiger partial charge in [-0.25, -0.2) is 0 Å².